The lowest BCUT2D eigenvalue weighted by Gasteiger charge is -2.23. The van der Waals surface area contributed by atoms with Crippen molar-refractivity contribution in [3.63, 3.8) is 0 Å². The number of non-ortho nitro benzene ring substituents is 1. The van der Waals surface area contributed by atoms with E-state index < -0.39 is 20.9 Å². The summed E-state index contributed by atoms with van der Waals surface area (Å²) in [5.41, 5.74) is 1.04. The van der Waals surface area contributed by atoms with Crippen molar-refractivity contribution >= 4 is 27.4 Å². The van der Waals surface area contributed by atoms with Gasteiger partial charge in [0.1, 0.15) is 12.4 Å². The number of rotatable bonds is 9. The van der Waals surface area contributed by atoms with Crippen molar-refractivity contribution in [3.05, 3.63) is 106 Å². The van der Waals surface area contributed by atoms with Gasteiger partial charge in [-0.2, -0.15) is 0 Å². The van der Waals surface area contributed by atoms with Crippen molar-refractivity contribution in [2.24, 2.45) is 0 Å². The predicted molar refractivity (Wildman–Crippen MR) is 130 cm³/mol. The number of esters is 1. The summed E-state index contributed by atoms with van der Waals surface area (Å²) in [6.45, 7) is 3.45. The Labute approximate surface area is 207 Å². The van der Waals surface area contributed by atoms with Crippen LogP contribution in [0.3, 0.4) is 0 Å². The molecule has 0 atom stereocenters. The summed E-state index contributed by atoms with van der Waals surface area (Å²) in [7, 11) is -4.02. The Morgan fingerprint density at radius 3 is 2.64 bits per heavy atom. The van der Waals surface area contributed by atoms with Crippen LogP contribution in [0.15, 0.2) is 84.3 Å². The van der Waals surface area contributed by atoms with Gasteiger partial charge in [-0.3, -0.25) is 14.4 Å². The molecule has 0 radical (unpaired) electrons. The minimum atomic E-state index is -4.02. The average molecular weight is 511 g/mol. The number of anilines is 1. The molecule has 1 aliphatic heterocycles. The smallest absolute Gasteiger partial charge is 0.338 e. The Morgan fingerprint density at radius 1 is 1.14 bits per heavy atom. The molecule has 0 amide bonds. The van der Waals surface area contributed by atoms with Gasteiger partial charge in [0, 0.05) is 23.3 Å². The van der Waals surface area contributed by atoms with Gasteiger partial charge in [-0.15, -0.1) is 6.58 Å². The SMILES string of the molecule is C=CCN(c1ccccc1)S(=O)(=O)c1cccc(C(=O)OCc2cc([N+](=O)[O-])cc3c2OCOC3)c1. The van der Waals surface area contributed by atoms with E-state index in [0.29, 0.717) is 22.6 Å². The number of ether oxygens (including phenoxy) is 3. The van der Waals surface area contributed by atoms with Gasteiger partial charge in [0.2, 0.25) is 0 Å². The van der Waals surface area contributed by atoms with E-state index in [4.69, 9.17) is 14.2 Å². The summed E-state index contributed by atoms with van der Waals surface area (Å²) >= 11 is 0. The summed E-state index contributed by atoms with van der Waals surface area (Å²) in [5.74, 6) is -0.437. The van der Waals surface area contributed by atoms with Gasteiger partial charge < -0.3 is 14.2 Å². The molecular formula is C25H22N2O8S. The van der Waals surface area contributed by atoms with E-state index in [0.717, 1.165) is 0 Å². The lowest BCUT2D eigenvalue weighted by Crippen LogP contribution is -2.31. The van der Waals surface area contributed by atoms with Crippen molar-refractivity contribution in [2.75, 3.05) is 17.6 Å². The van der Waals surface area contributed by atoms with Gasteiger partial charge >= 0.3 is 5.97 Å². The van der Waals surface area contributed by atoms with Gasteiger partial charge in [-0.1, -0.05) is 30.3 Å². The second kappa shape index (κ2) is 10.6. The monoisotopic (exact) mass is 510 g/mol. The normalized spacial score (nSPS) is 12.7. The molecule has 0 saturated heterocycles. The predicted octanol–water partition coefficient (Wildman–Crippen LogP) is 4.20. The zero-order chi connectivity index (χ0) is 25.7. The van der Waals surface area contributed by atoms with Crippen molar-refractivity contribution in [1.29, 1.82) is 0 Å². The zero-order valence-corrected chi connectivity index (χ0v) is 19.8. The number of carbonyl (C=O) groups excluding carboxylic acids is 1. The summed E-state index contributed by atoms with van der Waals surface area (Å²) < 4.78 is 43.9. The van der Waals surface area contributed by atoms with Crippen molar-refractivity contribution in [3.8, 4) is 5.75 Å². The molecule has 0 N–H and O–H groups in total. The highest BCUT2D eigenvalue weighted by Crippen LogP contribution is 2.33. The third kappa shape index (κ3) is 5.21. The number of sulfonamides is 1. The number of nitrogens with zero attached hydrogens (tertiary/aromatic N) is 2. The number of para-hydroxylation sites is 1. The third-order valence-corrected chi connectivity index (χ3v) is 7.13. The summed E-state index contributed by atoms with van der Waals surface area (Å²) in [4.78, 5) is 23.4. The fraction of sp³-hybridized carbons (Fsp3) is 0.160. The van der Waals surface area contributed by atoms with E-state index >= 15 is 0 Å². The first-order valence-corrected chi connectivity index (χ1v) is 12.2. The first-order chi connectivity index (χ1) is 17.3. The van der Waals surface area contributed by atoms with Crippen LogP contribution in [0.5, 0.6) is 5.75 Å². The van der Waals surface area contributed by atoms with Gasteiger partial charge in [0.15, 0.2) is 6.79 Å². The number of fused-ring (bicyclic) bond motifs is 1. The third-order valence-electron chi connectivity index (χ3n) is 5.34. The van der Waals surface area contributed by atoms with Crippen LogP contribution < -0.4 is 9.04 Å². The van der Waals surface area contributed by atoms with Crippen LogP contribution in [-0.4, -0.2) is 32.6 Å². The van der Waals surface area contributed by atoms with Crippen LogP contribution in [0.4, 0.5) is 11.4 Å². The van der Waals surface area contributed by atoms with Gasteiger partial charge in [-0.05, 0) is 30.3 Å². The fourth-order valence-electron chi connectivity index (χ4n) is 3.68. The highest BCUT2D eigenvalue weighted by atomic mass is 32.2. The lowest BCUT2D eigenvalue weighted by molar-refractivity contribution is -0.385. The second-order valence-corrected chi connectivity index (χ2v) is 9.59. The van der Waals surface area contributed by atoms with Crippen molar-refractivity contribution < 1.29 is 32.3 Å². The summed E-state index contributed by atoms with van der Waals surface area (Å²) in [5, 5.41) is 11.3. The van der Waals surface area contributed by atoms with Gasteiger partial charge in [-0.25, -0.2) is 13.2 Å². The highest BCUT2D eigenvalue weighted by Gasteiger charge is 2.26. The minimum Gasteiger partial charge on any atom is -0.467 e. The molecule has 10 nitrogen and oxygen atoms in total. The number of nitro groups is 1. The number of carbonyl (C=O) groups is 1. The molecule has 4 rings (SSSR count). The average Bonchev–Trinajstić information content (AvgIpc) is 2.90. The van der Waals surface area contributed by atoms with Crippen LogP contribution in [0.2, 0.25) is 0 Å². The zero-order valence-electron chi connectivity index (χ0n) is 19.0. The first kappa shape index (κ1) is 24.9. The topological polar surface area (TPSA) is 125 Å². The van der Waals surface area contributed by atoms with E-state index in [1.54, 1.807) is 30.3 Å². The summed E-state index contributed by atoms with van der Waals surface area (Å²) in [6, 6.07) is 16.6. The van der Waals surface area contributed by atoms with E-state index in [-0.39, 0.29) is 42.7 Å². The molecule has 1 heterocycles. The molecule has 0 aromatic heterocycles. The molecule has 0 saturated carbocycles. The fourth-order valence-corrected chi connectivity index (χ4v) is 5.17. The van der Waals surface area contributed by atoms with E-state index in [2.05, 4.69) is 6.58 Å². The molecule has 3 aromatic carbocycles. The molecule has 0 aliphatic carbocycles. The van der Waals surface area contributed by atoms with E-state index in [1.807, 2.05) is 0 Å². The Bertz CT molecular complexity index is 1410. The standard InChI is InChI=1S/C25H22N2O8S/c1-2-11-26(21-8-4-3-5-9-21)36(31,32)23-10-6-7-18(14-23)25(28)34-16-20-13-22(27(29)30)12-19-15-33-17-35-24(19)20/h2-10,12-14H,1,11,15-17H2. The largest absolute Gasteiger partial charge is 0.467 e. The number of benzene rings is 3. The molecule has 0 spiro atoms. The van der Waals surface area contributed by atoms with Gasteiger partial charge in [0.05, 0.1) is 34.2 Å². The number of nitro benzene ring substituents is 1. The Hall–Kier alpha value is -4.22. The lowest BCUT2D eigenvalue weighted by atomic mass is 10.1. The van der Waals surface area contributed by atoms with Crippen molar-refractivity contribution in [1.82, 2.24) is 0 Å². The van der Waals surface area contributed by atoms with Crippen LogP contribution in [0, 0.1) is 10.1 Å². The van der Waals surface area contributed by atoms with Crippen LogP contribution >= 0.6 is 0 Å². The number of hydrogen-bond acceptors (Lipinski definition) is 8. The molecule has 3 aromatic rings. The maximum atomic E-state index is 13.4. The molecule has 0 unspecified atom stereocenters. The molecule has 11 heteroatoms. The molecule has 0 fully saturated rings. The Balaban J connectivity index is 1.58. The molecule has 0 bridgehead atoms. The molecular weight excluding hydrogens is 488 g/mol. The maximum absolute atomic E-state index is 13.4. The second-order valence-electron chi connectivity index (χ2n) is 7.73. The van der Waals surface area contributed by atoms with Crippen LogP contribution in [-0.2, 0) is 32.7 Å². The van der Waals surface area contributed by atoms with E-state index in [1.165, 1.54) is 46.8 Å². The highest BCUT2D eigenvalue weighted by molar-refractivity contribution is 7.92. The van der Waals surface area contributed by atoms with Crippen LogP contribution in [0.1, 0.15) is 21.5 Å². The maximum Gasteiger partial charge on any atom is 0.338 e. The molecule has 186 valence electrons. The first-order valence-electron chi connectivity index (χ1n) is 10.8. The van der Waals surface area contributed by atoms with Gasteiger partial charge in [0.25, 0.3) is 15.7 Å². The minimum absolute atomic E-state index is 0.00578. The summed E-state index contributed by atoms with van der Waals surface area (Å²) in [6.07, 6.45) is 1.47. The Kier molecular flexibility index (Phi) is 7.32. The van der Waals surface area contributed by atoms with Crippen LogP contribution in [0.25, 0.3) is 0 Å². The number of hydrogen-bond donors (Lipinski definition) is 0. The molecule has 1 aliphatic rings. The van der Waals surface area contributed by atoms with E-state index in [9.17, 15) is 23.3 Å². The molecule has 36 heavy (non-hydrogen) atoms. The quantitative estimate of drug-likeness (QED) is 0.182. The van der Waals surface area contributed by atoms with Crippen molar-refractivity contribution in [2.45, 2.75) is 18.1 Å². The Morgan fingerprint density at radius 2 is 1.92 bits per heavy atom.